The first-order valence-electron chi connectivity index (χ1n) is 9.00. The first kappa shape index (κ1) is 22.4. The maximum atomic E-state index is 12.6. The first-order valence-corrected chi connectivity index (χ1v) is 9.00. The lowest BCUT2D eigenvalue weighted by molar-refractivity contribution is -0.137. The van der Waals surface area contributed by atoms with E-state index in [0.717, 1.165) is 12.1 Å². The number of hydrogen-bond acceptors (Lipinski definition) is 4. The van der Waals surface area contributed by atoms with Crippen LogP contribution in [0.5, 0.6) is 0 Å². The predicted molar refractivity (Wildman–Crippen MR) is 103 cm³/mol. The Hall–Kier alpha value is -2.87. The number of anilines is 1. The van der Waals surface area contributed by atoms with Gasteiger partial charge in [0.05, 0.1) is 23.8 Å². The Morgan fingerprint density at radius 1 is 1.03 bits per heavy atom. The topological polar surface area (TPSA) is 58.6 Å². The molecule has 2 aromatic rings. The standard InChI is InChI=1S/C21H23F3N2O3/c1-14(2)29-20(28)16-6-10-18(11-7-16)25-19(27)13-26(3)12-15-4-8-17(9-5-15)21(22,23)24/h4-11,14H,12-13H2,1-3H3,(H,25,27). The molecule has 0 radical (unpaired) electrons. The summed E-state index contributed by atoms with van der Waals surface area (Å²) < 4.78 is 42.9. The molecule has 5 nitrogen and oxygen atoms in total. The van der Waals surface area contributed by atoms with Gasteiger partial charge in [0.15, 0.2) is 0 Å². The fourth-order valence-corrected chi connectivity index (χ4v) is 2.58. The molecule has 0 aliphatic heterocycles. The smallest absolute Gasteiger partial charge is 0.416 e. The maximum Gasteiger partial charge on any atom is 0.416 e. The Morgan fingerprint density at radius 2 is 1.62 bits per heavy atom. The number of amides is 1. The zero-order valence-electron chi connectivity index (χ0n) is 16.4. The predicted octanol–water partition coefficient (Wildman–Crippen LogP) is 4.34. The van der Waals surface area contributed by atoms with Gasteiger partial charge >= 0.3 is 12.1 Å². The molecule has 0 unspecified atom stereocenters. The molecule has 0 fully saturated rings. The number of ether oxygens (including phenoxy) is 1. The van der Waals surface area contributed by atoms with Gasteiger partial charge in [-0.15, -0.1) is 0 Å². The monoisotopic (exact) mass is 408 g/mol. The van der Waals surface area contributed by atoms with Gasteiger partial charge in [-0.3, -0.25) is 9.69 Å². The van der Waals surface area contributed by atoms with E-state index in [4.69, 9.17) is 4.74 Å². The largest absolute Gasteiger partial charge is 0.459 e. The summed E-state index contributed by atoms with van der Waals surface area (Å²) in [6.45, 7) is 3.89. The average Bonchev–Trinajstić information content (AvgIpc) is 2.61. The average molecular weight is 408 g/mol. The summed E-state index contributed by atoms with van der Waals surface area (Å²) >= 11 is 0. The highest BCUT2D eigenvalue weighted by Gasteiger charge is 2.29. The van der Waals surface area contributed by atoms with Crippen LogP contribution in [0.15, 0.2) is 48.5 Å². The van der Waals surface area contributed by atoms with Gasteiger partial charge in [-0.05, 0) is 62.9 Å². The molecule has 8 heteroatoms. The van der Waals surface area contributed by atoms with Crippen molar-refractivity contribution < 1.29 is 27.5 Å². The molecular formula is C21H23F3N2O3. The first-order chi connectivity index (χ1) is 13.5. The summed E-state index contributed by atoms with van der Waals surface area (Å²) in [5.74, 6) is -0.717. The molecule has 2 rings (SSSR count). The minimum Gasteiger partial charge on any atom is -0.459 e. The number of likely N-dealkylation sites (N-methyl/N-ethyl adjacent to an activating group) is 1. The van der Waals surface area contributed by atoms with Crippen LogP contribution in [0.3, 0.4) is 0 Å². The maximum absolute atomic E-state index is 12.6. The van der Waals surface area contributed by atoms with E-state index >= 15 is 0 Å². The van der Waals surface area contributed by atoms with Gasteiger partial charge in [-0.25, -0.2) is 4.79 Å². The molecule has 0 saturated heterocycles. The number of nitrogens with one attached hydrogen (secondary N) is 1. The third-order valence-corrected chi connectivity index (χ3v) is 3.89. The fraction of sp³-hybridized carbons (Fsp3) is 0.333. The number of esters is 1. The summed E-state index contributed by atoms with van der Waals surface area (Å²) in [7, 11) is 1.70. The SMILES string of the molecule is CC(C)OC(=O)c1ccc(NC(=O)CN(C)Cc2ccc(C(F)(F)F)cc2)cc1. The Balaban J connectivity index is 1.86. The second kappa shape index (κ2) is 9.56. The zero-order valence-corrected chi connectivity index (χ0v) is 16.4. The van der Waals surface area contributed by atoms with Crippen LogP contribution < -0.4 is 5.32 Å². The van der Waals surface area contributed by atoms with Crippen molar-refractivity contribution in [3.8, 4) is 0 Å². The molecule has 1 N–H and O–H groups in total. The van der Waals surface area contributed by atoms with Gasteiger partial charge in [-0.1, -0.05) is 12.1 Å². The number of hydrogen-bond donors (Lipinski definition) is 1. The summed E-state index contributed by atoms with van der Waals surface area (Å²) in [5.41, 5.74) is 0.874. The number of carbonyl (C=O) groups excluding carboxylic acids is 2. The molecule has 156 valence electrons. The Labute approximate surface area is 167 Å². The summed E-state index contributed by atoms with van der Waals surface area (Å²) in [6, 6.07) is 11.2. The van der Waals surface area contributed by atoms with E-state index in [1.165, 1.54) is 12.1 Å². The lowest BCUT2D eigenvalue weighted by Crippen LogP contribution is -2.29. The number of halogens is 3. The Bertz CT molecular complexity index is 832. The van der Waals surface area contributed by atoms with Crippen molar-refractivity contribution in [2.24, 2.45) is 0 Å². The van der Waals surface area contributed by atoms with E-state index in [-0.39, 0.29) is 18.6 Å². The van der Waals surface area contributed by atoms with Gasteiger partial charge < -0.3 is 10.1 Å². The lowest BCUT2D eigenvalue weighted by Gasteiger charge is -2.17. The quantitative estimate of drug-likeness (QED) is 0.693. The number of nitrogens with zero attached hydrogens (tertiary/aromatic N) is 1. The van der Waals surface area contributed by atoms with Crippen LogP contribution in [0.1, 0.15) is 35.3 Å². The van der Waals surface area contributed by atoms with E-state index in [2.05, 4.69) is 5.32 Å². The van der Waals surface area contributed by atoms with Gasteiger partial charge in [0, 0.05) is 12.2 Å². The van der Waals surface area contributed by atoms with Crippen molar-refractivity contribution in [2.75, 3.05) is 18.9 Å². The van der Waals surface area contributed by atoms with Crippen LogP contribution in [0, 0.1) is 0 Å². The number of carbonyl (C=O) groups is 2. The van der Waals surface area contributed by atoms with Crippen molar-refractivity contribution in [3.63, 3.8) is 0 Å². The van der Waals surface area contributed by atoms with Crippen LogP contribution in [-0.2, 0) is 22.3 Å². The van der Waals surface area contributed by atoms with E-state index < -0.39 is 17.7 Å². The normalized spacial score (nSPS) is 11.6. The van der Waals surface area contributed by atoms with Gasteiger partial charge in [0.1, 0.15) is 0 Å². The van der Waals surface area contributed by atoms with Crippen molar-refractivity contribution in [1.29, 1.82) is 0 Å². The van der Waals surface area contributed by atoms with Crippen LogP contribution in [-0.4, -0.2) is 36.5 Å². The van der Waals surface area contributed by atoms with Crippen molar-refractivity contribution in [1.82, 2.24) is 4.90 Å². The Kier molecular flexibility index (Phi) is 7.39. The molecule has 0 heterocycles. The molecule has 1 amide bonds. The molecule has 0 saturated carbocycles. The number of alkyl halides is 3. The minimum absolute atomic E-state index is 0.0537. The van der Waals surface area contributed by atoms with E-state index in [9.17, 15) is 22.8 Å². The van der Waals surface area contributed by atoms with Gasteiger partial charge in [-0.2, -0.15) is 13.2 Å². The highest BCUT2D eigenvalue weighted by Crippen LogP contribution is 2.29. The van der Waals surface area contributed by atoms with Crippen LogP contribution in [0.2, 0.25) is 0 Å². The molecule has 29 heavy (non-hydrogen) atoms. The third-order valence-electron chi connectivity index (χ3n) is 3.89. The molecule has 0 aliphatic carbocycles. The third kappa shape index (κ3) is 7.23. The van der Waals surface area contributed by atoms with Crippen molar-refractivity contribution in [3.05, 3.63) is 65.2 Å². The minimum atomic E-state index is -4.37. The molecular weight excluding hydrogens is 385 g/mol. The fourth-order valence-electron chi connectivity index (χ4n) is 2.58. The molecule has 0 atom stereocenters. The number of rotatable bonds is 7. The summed E-state index contributed by atoms with van der Waals surface area (Å²) in [4.78, 5) is 25.7. The van der Waals surface area contributed by atoms with E-state index in [0.29, 0.717) is 23.4 Å². The summed E-state index contributed by atoms with van der Waals surface area (Å²) in [6.07, 6.45) is -4.59. The molecule has 2 aromatic carbocycles. The molecule has 0 spiro atoms. The Morgan fingerprint density at radius 3 is 2.14 bits per heavy atom. The highest BCUT2D eigenvalue weighted by molar-refractivity contribution is 5.94. The molecule has 0 aliphatic rings. The van der Waals surface area contributed by atoms with E-state index in [1.807, 2.05) is 0 Å². The van der Waals surface area contributed by atoms with Crippen molar-refractivity contribution >= 4 is 17.6 Å². The molecule has 0 bridgehead atoms. The van der Waals surface area contributed by atoms with Crippen LogP contribution >= 0.6 is 0 Å². The van der Waals surface area contributed by atoms with Gasteiger partial charge in [0.2, 0.25) is 5.91 Å². The van der Waals surface area contributed by atoms with E-state index in [1.54, 1.807) is 50.1 Å². The van der Waals surface area contributed by atoms with Crippen LogP contribution in [0.25, 0.3) is 0 Å². The van der Waals surface area contributed by atoms with Crippen LogP contribution in [0.4, 0.5) is 18.9 Å². The van der Waals surface area contributed by atoms with Gasteiger partial charge in [0.25, 0.3) is 0 Å². The second-order valence-electron chi connectivity index (χ2n) is 6.95. The second-order valence-corrected chi connectivity index (χ2v) is 6.95. The highest BCUT2D eigenvalue weighted by atomic mass is 19.4. The number of benzene rings is 2. The lowest BCUT2D eigenvalue weighted by atomic mass is 10.1. The van der Waals surface area contributed by atoms with Crippen molar-refractivity contribution in [2.45, 2.75) is 32.7 Å². The molecule has 0 aromatic heterocycles. The summed E-state index contributed by atoms with van der Waals surface area (Å²) in [5, 5.41) is 2.71. The zero-order chi connectivity index (χ0) is 21.6.